The van der Waals surface area contributed by atoms with Crippen molar-refractivity contribution in [3.05, 3.63) is 63.0 Å². The topological polar surface area (TPSA) is 54.6 Å². The number of hydrogen-bond acceptors (Lipinski definition) is 4. The molecule has 0 saturated carbocycles. The summed E-state index contributed by atoms with van der Waals surface area (Å²) in [5, 5.41) is 10.3. The molecule has 0 radical (unpaired) electrons. The van der Waals surface area contributed by atoms with Gasteiger partial charge in [0.15, 0.2) is 4.96 Å². The minimum atomic E-state index is -0.0981. The molecule has 2 aromatic carbocycles. The van der Waals surface area contributed by atoms with E-state index in [1.165, 1.54) is 11.3 Å². The van der Waals surface area contributed by atoms with E-state index in [9.17, 15) is 9.90 Å². The zero-order valence-corrected chi connectivity index (χ0v) is 18.4. The highest BCUT2D eigenvalue weighted by molar-refractivity contribution is 14.1. The summed E-state index contributed by atoms with van der Waals surface area (Å²) in [6.07, 6.45) is 1.74. The summed E-state index contributed by atoms with van der Waals surface area (Å²) < 4.78 is 4.00. The molecule has 0 aliphatic heterocycles. The number of benzene rings is 2. The number of phenols is 1. The van der Waals surface area contributed by atoms with Crippen LogP contribution in [0, 0.1) is 21.0 Å². The summed E-state index contributed by atoms with van der Waals surface area (Å²) in [4.78, 5) is 18.2. The van der Waals surface area contributed by atoms with Crippen molar-refractivity contribution in [2.24, 2.45) is 0 Å². The largest absolute Gasteiger partial charge is 0.506 e. The van der Waals surface area contributed by atoms with Gasteiger partial charge >= 0.3 is 0 Å². The van der Waals surface area contributed by atoms with Gasteiger partial charge < -0.3 is 5.11 Å². The number of aromatic hydroxyl groups is 1. The van der Waals surface area contributed by atoms with Crippen molar-refractivity contribution in [1.82, 2.24) is 9.38 Å². The molecule has 0 aliphatic carbocycles. The highest BCUT2D eigenvalue weighted by Gasteiger charge is 2.13. The molecule has 4 rings (SSSR count). The monoisotopic (exact) mass is 574 g/mol. The Morgan fingerprint density at radius 3 is 2.64 bits per heavy atom. The molecule has 0 saturated heterocycles. The van der Waals surface area contributed by atoms with Crippen LogP contribution in [0.4, 0.5) is 0 Å². The highest BCUT2D eigenvalue weighted by atomic mass is 127. The Morgan fingerprint density at radius 1 is 1.16 bits per heavy atom. The van der Waals surface area contributed by atoms with E-state index in [4.69, 9.17) is 0 Å². The van der Waals surface area contributed by atoms with Crippen LogP contribution in [0.2, 0.25) is 0 Å². The average Bonchev–Trinajstić information content (AvgIpc) is 3.02. The Labute approximate surface area is 174 Å². The van der Waals surface area contributed by atoms with Gasteiger partial charge in [0.25, 0.3) is 5.56 Å². The second-order valence-corrected chi connectivity index (χ2v) is 9.31. The molecule has 0 aliphatic rings. The first-order valence-electron chi connectivity index (χ1n) is 7.47. The van der Waals surface area contributed by atoms with Crippen molar-refractivity contribution in [1.29, 1.82) is 0 Å². The number of hydrogen-bond donors (Lipinski definition) is 1. The smallest absolute Gasteiger partial charge is 0.274 e. The van der Waals surface area contributed by atoms with Crippen LogP contribution in [0.1, 0.15) is 16.7 Å². The van der Waals surface area contributed by atoms with Gasteiger partial charge in [0.2, 0.25) is 0 Å². The summed E-state index contributed by atoms with van der Waals surface area (Å²) in [5.74, 6) is 0.197. The lowest BCUT2D eigenvalue weighted by molar-refractivity contribution is 0.470. The van der Waals surface area contributed by atoms with Crippen molar-refractivity contribution >= 4 is 78.6 Å². The fourth-order valence-electron chi connectivity index (χ4n) is 2.76. The van der Waals surface area contributed by atoms with Crippen LogP contribution in [0.3, 0.4) is 0 Å². The van der Waals surface area contributed by atoms with Gasteiger partial charge in [-0.1, -0.05) is 11.3 Å². The van der Waals surface area contributed by atoms with Crippen LogP contribution < -0.4 is 10.1 Å². The normalized spacial score (nSPS) is 12.6. The highest BCUT2D eigenvalue weighted by Crippen LogP contribution is 2.27. The second-order valence-electron chi connectivity index (χ2n) is 5.90. The molecule has 126 valence electrons. The number of rotatable bonds is 1. The van der Waals surface area contributed by atoms with E-state index in [1.807, 2.05) is 38.1 Å². The zero-order valence-electron chi connectivity index (χ0n) is 13.3. The molecular weight excluding hydrogens is 562 g/mol. The first kappa shape index (κ1) is 17.2. The van der Waals surface area contributed by atoms with Gasteiger partial charge in [-0.2, -0.15) is 0 Å². The number of halogens is 2. The zero-order chi connectivity index (χ0) is 17.9. The molecule has 4 nitrogen and oxygen atoms in total. The van der Waals surface area contributed by atoms with E-state index in [-0.39, 0.29) is 11.3 Å². The quantitative estimate of drug-likeness (QED) is 0.350. The fourth-order valence-corrected chi connectivity index (χ4v) is 5.62. The first-order valence-corrected chi connectivity index (χ1v) is 10.4. The van der Waals surface area contributed by atoms with E-state index in [0.29, 0.717) is 15.1 Å². The van der Waals surface area contributed by atoms with Gasteiger partial charge in [0, 0.05) is 9.13 Å². The van der Waals surface area contributed by atoms with Crippen molar-refractivity contribution in [2.75, 3.05) is 0 Å². The molecule has 25 heavy (non-hydrogen) atoms. The summed E-state index contributed by atoms with van der Waals surface area (Å²) in [5.41, 5.74) is 4.52. The third-order valence-corrected chi connectivity index (χ3v) is 6.61. The SMILES string of the molecule is Cc1cc2nc3s/c(=C/c4cc(I)cc(I)c4O)c(=O)n3c2cc1C. The number of imidazole rings is 1. The van der Waals surface area contributed by atoms with E-state index in [0.717, 1.165) is 29.3 Å². The van der Waals surface area contributed by atoms with Crippen LogP contribution in [0.5, 0.6) is 5.75 Å². The molecule has 0 unspecified atom stereocenters. The standard InChI is InChI=1S/C18H12I2N2O2S/c1-8-3-13-14(4-9(8)2)22-17(24)15(25-18(22)21-13)6-10-5-11(19)7-12(20)16(10)23/h3-7,23H,1-2H3/b15-6+. The Morgan fingerprint density at radius 2 is 1.88 bits per heavy atom. The van der Waals surface area contributed by atoms with Gasteiger partial charge in [0.1, 0.15) is 5.75 Å². The maximum Gasteiger partial charge on any atom is 0.274 e. The van der Waals surface area contributed by atoms with Crippen LogP contribution in [-0.4, -0.2) is 14.5 Å². The molecule has 0 fully saturated rings. The van der Waals surface area contributed by atoms with Crippen LogP contribution in [0.25, 0.3) is 22.1 Å². The predicted octanol–water partition coefficient (Wildman–Crippen LogP) is 3.99. The van der Waals surface area contributed by atoms with E-state index in [1.54, 1.807) is 10.5 Å². The summed E-state index contributed by atoms with van der Waals surface area (Å²) in [6, 6.07) is 7.78. The summed E-state index contributed by atoms with van der Waals surface area (Å²) in [6.45, 7) is 4.07. The number of aromatic nitrogens is 2. The molecule has 2 aromatic heterocycles. The number of aryl methyl sites for hydroxylation is 2. The van der Waals surface area contributed by atoms with Gasteiger partial charge in [-0.15, -0.1) is 0 Å². The van der Waals surface area contributed by atoms with Crippen LogP contribution in [-0.2, 0) is 0 Å². The Balaban J connectivity index is 2.03. The lowest BCUT2D eigenvalue weighted by Gasteiger charge is -2.02. The van der Waals surface area contributed by atoms with E-state index >= 15 is 0 Å². The van der Waals surface area contributed by atoms with Gasteiger partial charge in [0.05, 0.1) is 19.1 Å². The number of fused-ring (bicyclic) bond motifs is 3. The maximum absolute atomic E-state index is 12.9. The molecule has 0 amide bonds. The van der Waals surface area contributed by atoms with Gasteiger partial charge in [-0.25, -0.2) is 9.38 Å². The molecular formula is C18H12I2N2O2S. The average molecular weight is 574 g/mol. The Hall–Kier alpha value is -1.20. The third kappa shape index (κ3) is 2.85. The summed E-state index contributed by atoms with van der Waals surface area (Å²) in [7, 11) is 0. The van der Waals surface area contributed by atoms with Crippen LogP contribution in [0.15, 0.2) is 29.1 Å². The fraction of sp³-hybridized carbons (Fsp3) is 0.111. The van der Waals surface area contributed by atoms with Crippen molar-refractivity contribution in [3.8, 4) is 5.75 Å². The lowest BCUT2D eigenvalue weighted by Crippen LogP contribution is -2.22. The minimum Gasteiger partial charge on any atom is -0.506 e. The van der Waals surface area contributed by atoms with Crippen LogP contribution >= 0.6 is 56.5 Å². The number of thiazole rings is 1. The molecule has 2 heterocycles. The Kier molecular flexibility index (Phi) is 4.27. The first-order chi connectivity index (χ1) is 11.8. The van der Waals surface area contributed by atoms with Crippen molar-refractivity contribution < 1.29 is 5.11 Å². The number of phenolic OH excluding ortho intramolecular Hbond substituents is 1. The molecule has 4 aromatic rings. The van der Waals surface area contributed by atoms with E-state index < -0.39 is 0 Å². The van der Waals surface area contributed by atoms with Gasteiger partial charge in [-0.3, -0.25) is 4.79 Å². The molecule has 7 heteroatoms. The summed E-state index contributed by atoms with van der Waals surface area (Å²) >= 11 is 5.64. The van der Waals surface area contributed by atoms with Crippen molar-refractivity contribution in [3.63, 3.8) is 0 Å². The van der Waals surface area contributed by atoms with Crippen molar-refractivity contribution in [2.45, 2.75) is 13.8 Å². The second kappa shape index (κ2) is 6.20. The minimum absolute atomic E-state index is 0.0981. The number of nitrogens with zero attached hydrogens (tertiary/aromatic N) is 2. The molecule has 0 bridgehead atoms. The predicted molar refractivity (Wildman–Crippen MR) is 119 cm³/mol. The molecule has 0 spiro atoms. The van der Waals surface area contributed by atoms with Gasteiger partial charge in [-0.05, 0) is 100 Å². The molecule has 0 atom stereocenters. The maximum atomic E-state index is 12.9. The van der Waals surface area contributed by atoms with E-state index in [2.05, 4.69) is 50.2 Å². The lowest BCUT2D eigenvalue weighted by atomic mass is 10.1. The molecule has 1 N–H and O–H groups in total. The third-order valence-electron chi connectivity index (χ3n) is 4.20. The Bertz CT molecular complexity index is 1270.